The molecule has 3 rings (SSSR count). The van der Waals surface area contributed by atoms with Crippen LogP contribution in [0, 0.1) is 0 Å². The Morgan fingerprint density at radius 1 is 1.30 bits per heavy atom. The second-order valence-electron chi connectivity index (χ2n) is 4.98. The van der Waals surface area contributed by atoms with Gasteiger partial charge in [-0.1, -0.05) is 12.1 Å². The van der Waals surface area contributed by atoms with Crippen LogP contribution in [-0.2, 0) is 13.6 Å². The van der Waals surface area contributed by atoms with E-state index in [1.165, 1.54) is 15.4 Å². The Hall–Kier alpha value is -3.16. The molecule has 0 fully saturated rings. The van der Waals surface area contributed by atoms with Crippen molar-refractivity contribution in [2.75, 3.05) is 5.43 Å². The van der Waals surface area contributed by atoms with Gasteiger partial charge in [0.25, 0.3) is 11.5 Å². The zero-order valence-electron chi connectivity index (χ0n) is 12.8. The lowest BCUT2D eigenvalue weighted by atomic mass is 10.2. The van der Waals surface area contributed by atoms with Gasteiger partial charge in [0.05, 0.1) is 22.7 Å². The molecule has 2 heterocycles. The van der Waals surface area contributed by atoms with E-state index in [4.69, 9.17) is 0 Å². The summed E-state index contributed by atoms with van der Waals surface area (Å²) in [5, 5.41) is 4.48. The maximum atomic E-state index is 12.5. The fourth-order valence-electron chi connectivity index (χ4n) is 2.28. The van der Waals surface area contributed by atoms with E-state index in [0.717, 1.165) is 0 Å². The van der Waals surface area contributed by atoms with Crippen LogP contribution in [0.3, 0.4) is 0 Å². The Labute approximate surface area is 131 Å². The zero-order chi connectivity index (χ0) is 16.4. The van der Waals surface area contributed by atoms with Crippen LogP contribution in [0.5, 0.6) is 0 Å². The summed E-state index contributed by atoms with van der Waals surface area (Å²) < 4.78 is 3.00. The van der Waals surface area contributed by atoms with Crippen molar-refractivity contribution in [3.05, 3.63) is 52.6 Å². The summed E-state index contributed by atoms with van der Waals surface area (Å²) in [6.45, 7) is 2.27. The number of benzene rings is 1. The van der Waals surface area contributed by atoms with Gasteiger partial charge in [0, 0.05) is 19.8 Å². The van der Waals surface area contributed by atoms with Gasteiger partial charge in [0.15, 0.2) is 0 Å². The molecule has 118 valence electrons. The Kier molecular flexibility index (Phi) is 3.80. The van der Waals surface area contributed by atoms with Gasteiger partial charge >= 0.3 is 0 Å². The second kappa shape index (κ2) is 5.91. The largest absolute Gasteiger partial charge is 0.277 e. The third kappa shape index (κ3) is 2.78. The Morgan fingerprint density at radius 3 is 2.78 bits per heavy atom. The molecule has 0 unspecified atom stereocenters. The normalized spacial score (nSPS) is 10.7. The first kappa shape index (κ1) is 14.8. The molecule has 8 heteroatoms. The Morgan fingerprint density at radius 2 is 2.09 bits per heavy atom. The van der Waals surface area contributed by atoms with Gasteiger partial charge in [0.2, 0.25) is 5.95 Å². The number of hydrogen-bond acceptors (Lipinski definition) is 5. The van der Waals surface area contributed by atoms with Crippen LogP contribution in [0.25, 0.3) is 10.9 Å². The third-order valence-electron chi connectivity index (χ3n) is 3.43. The maximum absolute atomic E-state index is 12.5. The predicted molar refractivity (Wildman–Crippen MR) is 86.0 cm³/mol. The topological polar surface area (TPSA) is 93.8 Å². The van der Waals surface area contributed by atoms with Crippen molar-refractivity contribution >= 4 is 22.8 Å². The monoisotopic (exact) mass is 312 g/mol. The molecular formula is C15H16N6O2. The fraction of sp³-hybridized carbons (Fsp3) is 0.200. The standard InChI is InChI=1S/C15H16N6O2/c1-3-21-14(23)11-6-4-5-7-12(11)17-15(21)19-18-13(22)10-8-16-20(2)9-10/h4-9H,3H2,1-2H3,(H,17,19)(H,18,22). The Bertz CT molecular complexity index is 927. The minimum Gasteiger partial charge on any atom is -0.277 e. The van der Waals surface area contributed by atoms with E-state index in [-0.39, 0.29) is 17.4 Å². The number of nitrogens with zero attached hydrogens (tertiary/aromatic N) is 4. The molecule has 3 aromatic rings. The molecule has 0 atom stereocenters. The van der Waals surface area contributed by atoms with Crippen molar-refractivity contribution in [1.82, 2.24) is 24.8 Å². The molecule has 8 nitrogen and oxygen atoms in total. The smallest absolute Gasteiger partial charge is 0.272 e. The van der Waals surface area contributed by atoms with Crippen LogP contribution in [-0.4, -0.2) is 25.2 Å². The van der Waals surface area contributed by atoms with Gasteiger partial charge in [-0.05, 0) is 19.1 Å². The summed E-state index contributed by atoms with van der Waals surface area (Å²) in [6.07, 6.45) is 3.05. The lowest BCUT2D eigenvalue weighted by molar-refractivity contribution is 0.0962. The molecule has 0 aliphatic heterocycles. The summed E-state index contributed by atoms with van der Waals surface area (Å²) in [5.74, 6) is -0.0726. The van der Waals surface area contributed by atoms with Gasteiger partial charge in [-0.3, -0.25) is 29.7 Å². The average Bonchev–Trinajstić information content (AvgIpc) is 2.99. The van der Waals surface area contributed by atoms with Gasteiger partial charge < -0.3 is 0 Å². The molecule has 0 saturated carbocycles. The van der Waals surface area contributed by atoms with Gasteiger partial charge in [-0.15, -0.1) is 0 Å². The molecule has 2 N–H and O–H groups in total. The van der Waals surface area contributed by atoms with Gasteiger partial charge in [-0.25, -0.2) is 4.98 Å². The minimum absolute atomic E-state index is 0.156. The van der Waals surface area contributed by atoms with E-state index in [2.05, 4.69) is 20.9 Å². The number of hydrazine groups is 1. The number of rotatable bonds is 4. The molecule has 0 aliphatic carbocycles. The van der Waals surface area contributed by atoms with Crippen LogP contribution in [0.2, 0.25) is 0 Å². The van der Waals surface area contributed by atoms with Gasteiger partial charge in [-0.2, -0.15) is 5.10 Å². The number of aromatic nitrogens is 4. The number of carbonyl (C=O) groups is 1. The molecule has 1 aromatic carbocycles. The minimum atomic E-state index is -0.358. The molecule has 1 amide bonds. The van der Waals surface area contributed by atoms with Crippen molar-refractivity contribution < 1.29 is 4.79 Å². The number of nitrogens with one attached hydrogen (secondary N) is 2. The van der Waals surface area contributed by atoms with E-state index < -0.39 is 0 Å². The van der Waals surface area contributed by atoms with Crippen LogP contribution in [0.4, 0.5) is 5.95 Å². The summed E-state index contributed by atoms with van der Waals surface area (Å²) in [5.41, 5.74) is 6.07. The number of para-hydroxylation sites is 1. The molecule has 0 bridgehead atoms. The number of anilines is 1. The molecule has 0 spiro atoms. The first-order valence-electron chi connectivity index (χ1n) is 7.14. The molecule has 0 radical (unpaired) electrons. The van der Waals surface area contributed by atoms with Crippen LogP contribution >= 0.6 is 0 Å². The second-order valence-corrected chi connectivity index (χ2v) is 4.98. The fourth-order valence-corrected chi connectivity index (χ4v) is 2.28. The van der Waals surface area contributed by atoms with Crippen molar-refractivity contribution in [2.24, 2.45) is 7.05 Å². The molecule has 0 saturated heterocycles. The first-order valence-corrected chi connectivity index (χ1v) is 7.14. The SMILES string of the molecule is CCn1c(NNC(=O)c2cnn(C)c2)nc2ccccc2c1=O. The highest BCUT2D eigenvalue weighted by atomic mass is 16.2. The van der Waals surface area contributed by atoms with E-state index >= 15 is 0 Å². The lowest BCUT2D eigenvalue weighted by Gasteiger charge is -2.13. The number of carbonyl (C=O) groups excluding carboxylic acids is 1. The van der Waals surface area contributed by atoms with E-state index in [9.17, 15) is 9.59 Å². The highest BCUT2D eigenvalue weighted by Gasteiger charge is 2.12. The van der Waals surface area contributed by atoms with Crippen LogP contribution in [0.15, 0.2) is 41.5 Å². The first-order chi connectivity index (χ1) is 11.1. The summed E-state index contributed by atoms with van der Waals surface area (Å²) in [6, 6.07) is 7.09. The number of hydrogen-bond donors (Lipinski definition) is 2. The van der Waals surface area contributed by atoms with E-state index in [1.807, 2.05) is 13.0 Å². The predicted octanol–water partition coefficient (Wildman–Crippen LogP) is 0.907. The average molecular weight is 312 g/mol. The third-order valence-corrected chi connectivity index (χ3v) is 3.43. The summed E-state index contributed by atoms with van der Waals surface area (Å²) in [4.78, 5) is 28.9. The quantitative estimate of drug-likeness (QED) is 0.698. The van der Waals surface area contributed by atoms with E-state index in [0.29, 0.717) is 23.0 Å². The number of amides is 1. The highest BCUT2D eigenvalue weighted by molar-refractivity contribution is 5.94. The number of fused-ring (bicyclic) bond motifs is 1. The van der Waals surface area contributed by atoms with Crippen molar-refractivity contribution in [2.45, 2.75) is 13.5 Å². The number of aryl methyl sites for hydroxylation is 1. The molecule has 23 heavy (non-hydrogen) atoms. The Balaban J connectivity index is 1.90. The van der Waals surface area contributed by atoms with Crippen molar-refractivity contribution in [1.29, 1.82) is 0 Å². The van der Waals surface area contributed by atoms with Crippen molar-refractivity contribution in [3.8, 4) is 0 Å². The van der Waals surface area contributed by atoms with Crippen LogP contribution < -0.4 is 16.4 Å². The lowest BCUT2D eigenvalue weighted by Crippen LogP contribution is -2.34. The summed E-state index contributed by atoms with van der Waals surface area (Å²) in [7, 11) is 1.73. The molecular weight excluding hydrogens is 296 g/mol. The maximum Gasteiger partial charge on any atom is 0.272 e. The summed E-state index contributed by atoms with van der Waals surface area (Å²) >= 11 is 0. The zero-order valence-corrected chi connectivity index (χ0v) is 12.8. The van der Waals surface area contributed by atoms with Crippen LogP contribution in [0.1, 0.15) is 17.3 Å². The van der Waals surface area contributed by atoms with Crippen molar-refractivity contribution in [3.63, 3.8) is 0 Å². The van der Waals surface area contributed by atoms with E-state index in [1.54, 1.807) is 31.4 Å². The van der Waals surface area contributed by atoms with Gasteiger partial charge in [0.1, 0.15) is 0 Å². The molecule has 2 aromatic heterocycles. The molecule has 0 aliphatic rings. The highest BCUT2D eigenvalue weighted by Crippen LogP contribution is 2.10.